The Bertz CT molecular complexity index is 380. The number of rotatable bonds is 3. The van der Waals surface area contributed by atoms with Crippen LogP contribution in [-0.4, -0.2) is 57.1 Å². The van der Waals surface area contributed by atoms with E-state index >= 15 is 0 Å². The van der Waals surface area contributed by atoms with Gasteiger partial charge in [0.2, 0.25) is 5.95 Å². The Morgan fingerprint density at radius 3 is 3.12 bits per heavy atom. The minimum atomic E-state index is -0.851. The first kappa shape index (κ1) is 10.8. The highest BCUT2D eigenvalue weighted by Crippen LogP contribution is 2.17. The number of carbonyl (C=O) groups is 1. The minimum absolute atomic E-state index is 0.0207. The average Bonchev–Trinajstić information content (AvgIpc) is 2.64. The molecule has 1 aromatic rings. The molecule has 1 aliphatic heterocycles. The molecule has 2 heterocycles. The Hall–Kier alpha value is -1.70. The molecule has 0 amide bonds. The Morgan fingerprint density at radius 1 is 1.69 bits per heavy atom. The molecule has 2 rings (SSSR count). The second-order valence-corrected chi connectivity index (χ2v) is 3.62. The van der Waals surface area contributed by atoms with Crippen LogP contribution in [0.1, 0.15) is 6.42 Å². The van der Waals surface area contributed by atoms with E-state index in [-0.39, 0.29) is 12.5 Å². The average molecular weight is 227 g/mol. The molecule has 8 nitrogen and oxygen atoms in total. The zero-order valence-corrected chi connectivity index (χ0v) is 8.91. The first-order chi connectivity index (χ1) is 7.68. The van der Waals surface area contributed by atoms with Crippen LogP contribution in [0.25, 0.3) is 0 Å². The molecule has 0 aliphatic carbocycles. The van der Waals surface area contributed by atoms with Crippen LogP contribution in [0.3, 0.4) is 0 Å². The lowest BCUT2D eigenvalue weighted by Crippen LogP contribution is -2.47. The molecule has 1 fully saturated rings. The van der Waals surface area contributed by atoms with Crippen LogP contribution in [0.15, 0.2) is 0 Å². The summed E-state index contributed by atoms with van der Waals surface area (Å²) in [6.07, 6.45) is 0.0207. The molecule has 0 saturated carbocycles. The van der Waals surface area contributed by atoms with E-state index in [4.69, 9.17) is 9.84 Å². The largest absolute Gasteiger partial charge is 0.481 e. The fraction of sp³-hybridized carbons (Fsp3) is 0.750. The van der Waals surface area contributed by atoms with Crippen LogP contribution in [0.4, 0.5) is 5.95 Å². The third kappa shape index (κ3) is 2.11. The van der Waals surface area contributed by atoms with Crippen molar-refractivity contribution < 1.29 is 14.6 Å². The number of morpholine rings is 1. The smallest absolute Gasteiger partial charge is 0.305 e. The van der Waals surface area contributed by atoms with Crippen molar-refractivity contribution in [2.24, 2.45) is 7.05 Å². The lowest BCUT2D eigenvalue weighted by Gasteiger charge is -2.34. The van der Waals surface area contributed by atoms with E-state index in [1.165, 1.54) is 4.68 Å². The standard InChI is InChI=1S/C8H13N5O3/c1-12-8(9-10-11-12)13-2-3-16-5-6(13)4-7(14)15/h6H,2-5H2,1H3,(H,14,15). The summed E-state index contributed by atoms with van der Waals surface area (Å²) in [5.74, 6) is -0.273. The number of anilines is 1. The van der Waals surface area contributed by atoms with Gasteiger partial charge in [0.1, 0.15) is 0 Å². The van der Waals surface area contributed by atoms with Gasteiger partial charge in [-0.25, -0.2) is 4.68 Å². The summed E-state index contributed by atoms with van der Waals surface area (Å²) in [5, 5.41) is 20.0. The molecule has 1 N–H and O–H groups in total. The molecule has 0 spiro atoms. The topological polar surface area (TPSA) is 93.4 Å². The SMILES string of the molecule is Cn1nnnc1N1CCOCC1CC(=O)O. The number of aliphatic carboxylic acids is 1. The molecular formula is C8H13N5O3. The van der Waals surface area contributed by atoms with Gasteiger partial charge in [-0.1, -0.05) is 5.10 Å². The fourth-order valence-corrected chi connectivity index (χ4v) is 1.76. The highest BCUT2D eigenvalue weighted by Gasteiger charge is 2.28. The van der Waals surface area contributed by atoms with E-state index in [0.29, 0.717) is 25.7 Å². The number of hydrogen-bond donors (Lipinski definition) is 1. The predicted octanol–water partition coefficient (Wildman–Crippen LogP) is -1.11. The number of ether oxygens (including phenoxy) is 1. The minimum Gasteiger partial charge on any atom is -0.481 e. The number of aryl methyl sites for hydroxylation is 1. The molecule has 0 radical (unpaired) electrons. The highest BCUT2D eigenvalue weighted by molar-refractivity contribution is 5.68. The Labute approximate surface area is 91.8 Å². The lowest BCUT2D eigenvalue weighted by atomic mass is 10.1. The summed E-state index contributed by atoms with van der Waals surface area (Å²) in [4.78, 5) is 12.6. The van der Waals surface area contributed by atoms with Crippen LogP contribution in [0.2, 0.25) is 0 Å². The summed E-state index contributed by atoms with van der Waals surface area (Å²) >= 11 is 0. The lowest BCUT2D eigenvalue weighted by molar-refractivity contribution is -0.138. The molecular weight excluding hydrogens is 214 g/mol. The Kier molecular flexibility index (Phi) is 3.00. The van der Waals surface area contributed by atoms with Crippen molar-refractivity contribution in [1.29, 1.82) is 0 Å². The van der Waals surface area contributed by atoms with Gasteiger partial charge in [0.05, 0.1) is 25.7 Å². The summed E-state index contributed by atoms with van der Waals surface area (Å²) in [6.45, 7) is 1.55. The van der Waals surface area contributed by atoms with Gasteiger partial charge < -0.3 is 14.7 Å². The van der Waals surface area contributed by atoms with E-state index in [0.717, 1.165) is 0 Å². The van der Waals surface area contributed by atoms with Crippen molar-refractivity contribution in [1.82, 2.24) is 20.2 Å². The van der Waals surface area contributed by atoms with Gasteiger partial charge in [0.15, 0.2) is 0 Å². The molecule has 1 unspecified atom stereocenters. The van der Waals surface area contributed by atoms with Crippen LogP contribution in [0, 0.1) is 0 Å². The van der Waals surface area contributed by atoms with Gasteiger partial charge in [0, 0.05) is 13.6 Å². The van der Waals surface area contributed by atoms with E-state index < -0.39 is 5.97 Å². The van der Waals surface area contributed by atoms with Gasteiger partial charge in [0.25, 0.3) is 0 Å². The Balaban J connectivity index is 2.16. The van der Waals surface area contributed by atoms with Crippen LogP contribution < -0.4 is 4.90 Å². The van der Waals surface area contributed by atoms with Gasteiger partial charge >= 0.3 is 5.97 Å². The van der Waals surface area contributed by atoms with Gasteiger partial charge in [-0.15, -0.1) is 0 Å². The molecule has 88 valence electrons. The molecule has 16 heavy (non-hydrogen) atoms. The number of aromatic nitrogens is 4. The fourth-order valence-electron chi connectivity index (χ4n) is 1.76. The van der Waals surface area contributed by atoms with E-state index in [1.807, 2.05) is 4.90 Å². The summed E-state index contributed by atoms with van der Waals surface area (Å²) < 4.78 is 6.80. The van der Waals surface area contributed by atoms with E-state index in [9.17, 15) is 4.79 Å². The van der Waals surface area contributed by atoms with Crippen molar-refractivity contribution in [3.63, 3.8) is 0 Å². The second-order valence-electron chi connectivity index (χ2n) is 3.62. The third-order valence-electron chi connectivity index (χ3n) is 2.49. The van der Waals surface area contributed by atoms with Crippen LogP contribution in [-0.2, 0) is 16.6 Å². The number of tetrazole rings is 1. The number of nitrogens with zero attached hydrogens (tertiary/aromatic N) is 5. The summed E-state index contributed by atoms with van der Waals surface area (Å²) in [7, 11) is 1.72. The Morgan fingerprint density at radius 2 is 2.50 bits per heavy atom. The van der Waals surface area contributed by atoms with Crippen molar-refractivity contribution in [2.45, 2.75) is 12.5 Å². The first-order valence-corrected chi connectivity index (χ1v) is 4.97. The predicted molar refractivity (Wildman–Crippen MR) is 53.0 cm³/mol. The molecule has 1 aromatic heterocycles. The zero-order chi connectivity index (χ0) is 11.5. The third-order valence-corrected chi connectivity index (χ3v) is 2.49. The quantitative estimate of drug-likeness (QED) is 0.699. The normalized spacial score (nSPS) is 21.1. The molecule has 0 aromatic carbocycles. The van der Waals surface area contributed by atoms with E-state index in [1.54, 1.807) is 7.05 Å². The highest BCUT2D eigenvalue weighted by atomic mass is 16.5. The maximum atomic E-state index is 10.7. The van der Waals surface area contributed by atoms with Gasteiger partial charge in [-0.3, -0.25) is 4.79 Å². The molecule has 1 atom stereocenters. The molecule has 1 saturated heterocycles. The molecule has 1 aliphatic rings. The van der Waals surface area contributed by atoms with Gasteiger partial charge in [-0.2, -0.15) is 0 Å². The zero-order valence-electron chi connectivity index (χ0n) is 8.91. The van der Waals surface area contributed by atoms with Crippen molar-refractivity contribution >= 4 is 11.9 Å². The first-order valence-electron chi connectivity index (χ1n) is 4.97. The van der Waals surface area contributed by atoms with E-state index in [2.05, 4.69) is 15.5 Å². The van der Waals surface area contributed by atoms with Crippen molar-refractivity contribution in [2.75, 3.05) is 24.7 Å². The van der Waals surface area contributed by atoms with Crippen molar-refractivity contribution in [3.05, 3.63) is 0 Å². The maximum Gasteiger partial charge on any atom is 0.305 e. The molecule has 8 heteroatoms. The van der Waals surface area contributed by atoms with Crippen molar-refractivity contribution in [3.8, 4) is 0 Å². The number of carboxylic acids is 1. The van der Waals surface area contributed by atoms with Gasteiger partial charge in [-0.05, 0) is 10.4 Å². The monoisotopic (exact) mass is 227 g/mol. The van der Waals surface area contributed by atoms with Crippen LogP contribution >= 0.6 is 0 Å². The number of hydrogen-bond acceptors (Lipinski definition) is 6. The number of carboxylic acid groups (broad SMARTS) is 1. The second kappa shape index (κ2) is 4.44. The van der Waals surface area contributed by atoms with Crippen LogP contribution in [0.5, 0.6) is 0 Å². The summed E-state index contributed by atoms with van der Waals surface area (Å²) in [5.41, 5.74) is 0. The summed E-state index contributed by atoms with van der Waals surface area (Å²) in [6, 6.07) is -0.212. The molecule has 0 bridgehead atoms. The maximum absolute atomic E-state index is 10.7.